The number of rotatable bonds is 5. The second-order valence-electron chi connectivity index (χ2n) is 6.53. The van der Waals surface area contributed by atoms with Crippen molar-refractivity contribution in [2.45, 2.75) is 18.3 Å². The van der Waals surface area contributed by atoms with Crippen LogP contribution in [0, 0.1) is 0 Å². The topological polar surface area (TPSA) is 68.2 Å². The molecule has 0 radical (unpaired) electrons. The number of nitrogens with zero attached hydrogens (tertiary/aromatic N) is 4. The average molecular weight is 417 g/mol. The van der Waals surface area contributed by atoms with Gasteiger partial charge in [0.25, 0.3) is 0 Å². The van der Waals surface area contributed by atoms with E-state index in [-0.39, 0.29) is 5.91 Å². The van der Waals surface area contributed by atoms with Gasteiger partial charge in [-0.3, -0.25) is 9.69 Å². The number of amides is 1. The van der Waals surface area contributed by atoms with Crippen molar-refractivity contribution in [3.8, 4) is 17.1 Å². The third kappa shape index (κ3) is 4.11. The predicted molar refractivity (Wildman–Crippen MR) is 119 cm³/mol. The maximum atomic E-state index is 12.6. The molecule has 1 amide bonds. The Morgan fingerprint density at radius 1 is 1.17 bits per heavy atom. The molecular weight excluding hydrogens is 396 g/mol. The second-order valence-corrected chi connectivity index (χ2v) is 7.52. The van der Waals surface area contributed by atoms with Crippen LogP contribution in [-0.4, -0.2) is 33.1 Å². The van der Waals surface area contributed by atoms with Gasteiger partial charge < -0.3 is 4.74 Å². The van der Waals surface area contributed by atoms with Crippen LogP contribution in [0.25, 0.3) is 17.3 Å². The SMILES string of the molecule is C=CCSc1nnc2c(n1)OC(C=Cc1ccccc1)N(C(C)=O)c1ccccc1-2. The number of anilines is 1. The van der Waals surface area contributed by atoms with Crippen LogP contribution in [0.3, 0.4) is 0 Å². The highest BCUT2D eigenvalue weighted by molar-refractivity contribution is 7.99. The van der Waals surface area contributed by atoms with E-state index < -0.39 is 6.23 Å². The Morgan fingerprint density at radius 3 is 2.70 bits per heavy atom. The number of ether oxygens (including phenoxy) is 1. The van der Waals surface area contributed by atoms with Crippen LogP contribution < -0.4 is 9.64 Å². The van der Waals surface area contributed by atoms with Crippen LogP contribution >= 0.6 is 11.8 Å². The van der Waals surface area contributed by atoms with E-state index in [0.717, 1.165) is 11.1 Å². The minimum atomic E-state index is -0.681. The summed E-state index contributed by atoms with van der Waals surface area (Å²) in [6.45, 7) is 5.24. The van der Waals surface area contributed by atoms with Crippen LogP contribution in [0.2, 0.25) is 0 Å². The Kier molecular flexibility index (Phi) is 5.90. The Bertz CT molecular complexity index is 1100. The van der Waals surface area contributed by atoms with E-state index in [2.05, 4.69) is 21.8 Å². The lowest BCUT2D eigenvalue weighted by atomic mass is 10.1. The molecular formula is C23H20N4O2S. The zero-order valence-electron chi connectivity index (χ0n) is 16.4. The second kappa shape index (κ2) is 8.92. The van der Waals surface area contributed by atoms with Crippen molar-refractivity contribution in [1.29, 1.82) is 0 Å². The fourth-order valence-corrected chi connectivity index (χ4v) is 3.68. The highest BCUT2D eigenvalue weighted by atomic mass is 32.2. The molecule has 7 heteroatoms. The minimum absolute atomic E-state index is 0.146. The Hall–Kier alpha value is -3.45. The van der Waals surface area contributed by atoms with Crippen LogP contribution in [0.15, 0.2) is 78.5 Å². The molecule has 0 spiro atoms. The van der Waals surface area contributed by atoms with Crippen molar-refractivity contribution in [2.75, 3.05) is 10.7 Å². The molecule has 1 aliphatic heterocycles. The summed E-state index contributed by atoms with van der Waals surface area (Å²) in [4.78, 5) is 18.8. The number of hydrogen-bond donors (Lipinski definition) is 0. The molecule has 2 aromatic carbocycles. The van der Waals surface area contributed by atoms with Crippen LogP contribution in [0.5, 0.6) is 5.88 Å². The van der Waals surface area contributed by atoms with Gasteiger partial charge in [0.1, 0.15) is 0 Å². The van der Waals surface area contributed by atoms with Crippen LogP contribution in [-0.2, 0) is 4.79 Å². The molecule has 0 aliphatic carbocycles. The van der Waals surface area contributed by atoms with Crippen molar-refractivity contribution in [1.82, 2.24) is 15.2 Å². The van der Waals surface area contributed by atoms with E-state index in [9.17, 15) is 4.79 Å². The highest BCUT2D eigenvalue weighted by Crippen LogP contribution is 2.39. The van der Waals surface area contributed by atoms with E-state index in [1.165, 1.54) is 18.7 Å². The lowest BCUT2D eigenvalue weighted by Gasteiger charge is -2.27. The number of fused-ring (bicyclic) bond motifs is 3. The normalized spacial score (nSPS) is 15.1. The smallest absolute Gasteiger partial charge is 0.247 e. The van der Waals surface area contributed by atoms with E-state index in [1.807, 2.05) is 66.7 Å². The Labute approximate surface area is 179 Å². The molecule has 1 unspecified atom stereocenters. The minimum Gasteiger partial charge on any atom is -0.448 e. The summed E-state index contributed by atoms with van der Waals surface area (Å²) in [5.41, 5.74) is 2.97. The first kappa shape index (κ1) is 19.8. The predicted octanol–water partition coefficient (Wildman–Crippen LogP) is 4.60. The molecule has 2 heterocycles. The lowest BCUT2D eigenvalue weighted by Crippen LogP contribution is -2.41. The van der Waals surface area contributed by atoms with Gasteiger partial charge in [-0.2, -0.15) is 4.98 Å². The number of hydrogen-bond acceptors (Lipinski definition) is 6. The standard InChI is InChI=1S/C23H20N4O2S/c1-3-15-30-23-24-22-21(25-26-23)18-11-7-8-12-19(18)27(16(2)28)20(29-22)14-13-17-9-5-4-6-10-17/h3-14,20H,1,15H2,2H3. The van der Waals surface area contributed by atoms with E-state index in [1.54, 1.807) is 11.0 Å². The van der Waals surface area contributed by atoms with Gasteiger partial charge in [-0.25, -0.2) is 0 Å². The van der Waals surface area contributed by atoms with Gasteiger partial charge >= 0.3 is 0 Å². The quantitative estimate of drug-likeness (QED) is 0.447. The molecule has 1 aliphatic rings. The summed E-state index contributed by atoms with van der Waals surface area (Å²) in [5.74, 6) is 0.858. The zero-order valence-corrected chi connectivity index (χ0v) is 17.2. The van der Waals surface area contributed by atoms with E-state index >= 15 is 0 Å². The number of aromatic nitrogens is 3. The summed E-state index contributed by atoms with van der Waals surface area (Å²) < 4.78 is 6.22. The first-order valence-corrected chi connectivity index (χ1v) is 10.4. The monoisotopic (exact) mass is 416 g/mol. The molecule has 0 N–H and O–H groups in total. The van der Waals surface area contributed by atoms with Crippen LogP contribution in [0.1, 0.15) is 12.5 Å². The van der Waals surface area contributed by atoms with Gasteiger partial charge in [-0.15, -0.1) is 16.8 Å². The maximum Gasteiger partial charge on any atom is 0.247 e. The first-order valence-electron chi connectivity index (χ1n) is 9.45. The fourth-order valence-electron chi connectivity index (χ4n) is 3.16. The van der Waals surface area contributed by atoms with Gasteiger partial charge in [0.15, 0.2) is 11.9 Å². The lowest BCUT2D eigenvalue weighted by molar-refractivity contribution is -0.117. The molecule has 1 atom stereocenters. The summed E-state index contributed by atoms with van der Waals surface area (Å²) in [6, 6.07) is 17.4. The third-order valence-corrected chi connectivity index (χ3v) is 5.30. The highest BCUT2D eigenvalue weighted by Gasteiger charge is 2.32. The van der Waals surface area contributed by atoms with Gasteiger partial charge in [0.2, 0.25) is 16.9 Å². The van der Waals surface area contributed by atoms with Crippen molar-refractivity contribution in [2.24, 2.45) is 0 Å². The largest absolute Gasteiger partial charge is 0.448 e. The van der Waals surface area contributed by atoms with Gasteiger partial charge in [0.05, 0.1) is 5.69 Å². The number of para-hydroxylation sites is 1. The zero-order chi connectivity index (χ0) is 20.9. The maximum absolute atomic E-state index is 12.6. The van der Waals surface area contributed by atoms with E-state index in [0.29, 0.717) is 28.2 Å². The Balaban J connectivity index is 1.82. The first-order chi connectivity index (χ1) is 14.7. The van der Waals surface area contributed by atoms with Gasteiger partial charge in [0, 0.05) is 18.2 Å². The summed E-state index contributed by atoms with van der Waals surface area (Å²) >= 11 is 1.42. The van der Waals surface area contributed by atoms with Gasteiger partial charge in [-0.05, 0) is 17.7 Å². The van der Waals surface area contributed by atoms with Crippen molar-refractivity contribution < 1.29 is 9.53 Å². The summed E-state index contributed by atoms with van der Waals surface area (Å²) in [5, 5.41) is 9.07. The molecule has 6 nitrogen and oxygen atoms in total. The molecule has 4 rings (SSSR count). The average Bonchev–Trinajstić information content (AvgIpc) is 2.91. The Morgan fingerprint density at radius 2 is 1.93 bits per heavy atom. The molecule has 30 heavy (non-hydrogen) atoms. The molecule has 0 saturated carbocycles. The number of benzene rings is 2. The number of carbonyl (C=O) groups is 1. The third-order valence-electron chi connectivity index (χ3n) is 4.46. The molecule has 1 aromatic heterocycles. The van der Waals surface area contributed by atoms with Gasteiger partial charge in [-0.1, -0.05) is 72.4 Å². The molecule has 0 fully saturated rings. The number of thioether (sulfide) groups is 1. The number of carbonyl (C=O) groups excluding carboxylic acids is 1. The molecule has 0 saturated heterocycles. The fraction of sp³-hybridized carbons (Fsp3) is 0.130. The van der Waals surface area contributed by atoms with Crippen molar-refractivity contribution in [3.05, 3.63) is 78.9 Å². The molecule has 3 aromatic rings. The van der Waals surface area contributed by atoms with Crippen molar-refractivity contribution in [3.63, 3.8) is 0 Å². The summed E-state index contributed by atoms with van der Waals surface area (Å²) in [6.07, 6.45) is 4.87. The molecule has 0 bridgehead atoms. The van der Waals surface area contributed by atoms with Crippen LogP contribution in [0.4, 0.5) is 5.69 Å². The van der Waals surface area contributed by atoms with Crippen molar-refractivity contribution >= 4 is 29.4 Å². The summed E-state index contributed by atoms with van der Waals surface area (Å²) in [7, 11) is 0. The van der Waals surface area contributed by atoms with E-state index in [4.69, 9.17) is 4.74 Å². The molecule has 150 valence electrons.